The first-order valence-electron chi connectivity index (χ1n) is 11.8. The van der Waals surface area contributed by atoms with Gasteiger partial charge in [0, 0.05) is 50.2 Å². The molecular formula is C24H27ClN6O2. The lowest BCUT2D eigenvalue weighted by Crippen LogP contribution is -2.32. The molecule has 0 aliphatic carbocycles. The van der Waals surface area contributed by atoms with Gasteiger partial charge in [-0.2, -0.15) is 4.98 Å². The van der Waals surface area contributed by atoms with Gasteiger partial charge in [0.2, 0.25) is 11.9 Å². The van der Waals surface area contributed by atoms with Crippen LogP contribution < -0.4 is 14.7 Å². The number of ether oxygens (including phenoxy) is 1. The second kappa shape index (κ2) is 8.74. The average molecular weight is 467 g/mol. The van der Waals surface area contributed by atoms with Gasteiger partial charge in [-0.1, -0.05) is 11.6 Å². The Morgan fingerprint density at radius 2 is 1.67 bits per heavy atom. The number of nitrogens with zero attached hydrogens (tertiary/aromatic N) is 6. The van der Waals surface area contributed by atoms with Gasteiger partial charge in [-0.3, -0.25) is 0 Å². The Morgan fingerprint density at radius 3 is 2.42 bits per heavy atom. The van der Waals surface area contributed by atoms with Crippen LogP contribution in [0.3, 0.4) is 0 Å². The zero-order valence-electron chi connectivity index (χ0n) is 18.5. The van der Waals surface area contributed by atoms with Crippen molar-refractivity contribution in [3.8, 4) is 0 Å². The molecule has 2 saturated heterocycles. The first-order chi connectivity index (χ1) is 16.3. The number of fused-ring (bicyclic) bond motifs is 1. The quantitative estimate of drug-likeness (QED) is 0.482. The number of aromatic nitrogens is 3. The van der Waals surface area contributed by atoms with Crippen LogP contribution in [-0.2, 0) is 4.74 Å². The van der Waals surface area contributed by atoms with Crippen molar-refractivity contribution < 1.29 is 9.15 Å². The van der Waals surface area contributed by atoms with Crippen molar-refractivity contribution in [2.24, 2.45) is 0 Å². The highest BCUT2D eigenvalue weighted by Crippen LogP contribution is 2.41. The molecular weight excluding hydrogens is 440 g/mol. The normalized spacial score (nSPS) is 21.1. The summed E-state index contributed by atoms with van der Waals surface area (Å²) < 4.78 is 12.2. The van der Waals surface area contributed by atoms with Crippen LogP contribution >= 0.6 is 11.6 Å². The van der Waals surface area contributed by atoms with E-state index in [1.54, 1.807) is 12.5 Å². The summed E-state index contributed by atoms with van der Waals surface area (Å²) >= 11 is 6.17. The Morgan fingerprint density at radius 1 is 0.909 bits per heavy atom. The van der Waals surface area contributed by atoms with E-state index in [9.17, 15) is 0 Å². The summed E-state index contributed by atoms with van der Waals surface area (Å²) in [6.07, 6.45) is 12.2. The molecule has 1 atom stereocenters. The summed E-state index contributed by atoms with van der Waals surface area (Å²) in [7, 11) is 0. The van der Waals surface area contributed by atoms with Gasteiger partial charge in [-0.05, 0) is 50.7 Å². The highest BCUT2D eigenvalue weighted by molar-refractivity contribution is 6.29. The highest BCUT2D eigenvalue weighted by Gasteiger charge is 2.30. The maximum absolute atomic E-state index is 6.22. The molecule has 6 heterocycles. The fourth-order valence-electron chi connectivity index (χ4n) is 4.92. The van der Waals surface area contributed by atoms with Crippen molar-refractivity contribution in [1.82, 2.24) is 15.0 Å². The highest BCUT2D eigenvalue weighted by atomic mass is 35.5. The van der Waals surface area contributed by atoms with Gasteiger partial charge in [-0.15, -0.1) is 0 Å². The van der Waals surface area contributed by atoms with Crippen molar-refractivity contribution in [2.45, 2.75) is 44.8 Å². The average Bonchev–Trinajstić information content (AvgIpc) is 3.51. The van der Waals surface area contributed by atoms with Crippen molar-refractivity contribution in [3.05, 3.63) is 47.6 Å². The van der Waals surface area contributed by atoms with Gasteiger partial charge in [0.25, 0.3) is 6.01 Å². The zero-order chi connectivity index (χ0) is 22.2. The van der Waals surface area contributed by atoms with Crippen LogP contribution in [0.25, 0.3) is 11.2 Å². The fourth-order valence-corrected chi connectivity index (χ4v) is 5.10. The predicted octanol–water partition coefficient (Wildman–Crippen LogP) is 5.26. The standard InChI is InChI=1S/C24H27ClN6O2/c25-20-15-17(7-8-26-20)23-31(13-14-32-23)18-16-19-21(27-22(18)29-9-3-1-4-10-29)28-24(33-19)30-11-5-2-6-12-30/h7-8,13-16,23H,1-6,9-12H2. The second-order valence-corrected chi connectivity index (χ2v) is 9.22. The lowest BCUT2D eigenvalue weighted by molar-refractivity contribution is 0.174. The maximum atomic E-state index is 6.22. The minimum absolute atomic E-state index is 0.349. The minimum atomic E-state index is -0.349. The van der Waals surface area contributed by atoms with E-state index in [-0.39, 0.29) is 6.23 Å². The van der Waals surface area contributed by atoms with Gasteiger partial charge in [-0.25, -0.2) is 9.97 Å². The summed E-state index contributed by atoms with van der Waals surface area (Å²) in [4.78, 5) is 20.6. The van der Waals surface area contributed by atoms with Crippen LogP contribution in [-0.4, -0.2) is 41.1 Å². The zero-order valence-corrected chi connectivity index (χ0v) is 19.2. The second-order valence-electron chi connectivity index (χ2n) is 8.84. The SMILES string of the molecule is Clc1cc(C2OC=CN2c2cc3oc(N4CCCCC4)nc3nc2N2CCCCC2)ccn1. The van der Waals surface area contributed by atoms with E-state index in [1.165, 1.54) is 25.7 Å². The third-order valence-corrected chi connectivity index (χ3v) is 6.82. The molecule has 8 nitrogen and oxygen atoms in total. The number of pyridine rings is 2. The van der Waals surface area contributed by atoms with Gasteiger partial charge >= 0.3 is 0 Å². The van der Waals surface area contributed by atoms with E-state index < -0.39 is 0 Å². The molecule has 3 aliphatic rings. The molecule has 6 rings (SSSR count). The van der Waals surface area contributed by atoms with E-state index in [0.717, 1.165) is 56.1 Å². The molecule has 0 aromatic carbocycles. The third-order valence-electron chi connectivity index (χ3n) is 6.61. The molecule has 9 heteroatoms. The first kappa shape index (κ1) is 20.6. The maximum Gasteiger partial charge on any atom is 0.299 e. The Balaban J connectivity index is 1.43. The van der Waals surface area contributed by atoms with Crippen LogP contribution in [0.5, 0.6) is 0 Å². The van der Waals surface area contributed by atoms with Crippen LogP contribution in [0.2, 0.25) is 5.15 Å². The molecule has 3 aromatic rings. The largest absolute Gasteiger partial charge is 0.472 e. The Hall–Kier alpha value is -3.00. The smallest absolute Gasteiger partial charge is 0.299 e. The van der Waals surface area contributed by atoms with E-state index in [0.29, 0.717) is 22.4 Å². The minimum Gasteiger partial charge on any atom is -0.472 e. The summed E-state index contributed by atoms with van der Waals surface area (Å²) in [6, 6.07) is 6.49. The molecule has 33 heavy (non-hydrogen) atoms. The molecule has 0 radical (unpaired) electrons. The van der Waals surface area contributed by atoms with E-state index in [4.69, 9.17) is 30.7 Å². The number of hydrogen-bond acceptors (Lipinski definition) is 8. The molecule has 0 N–H and O–H groups in total. The number of hydrogen-bond donors (Lipinski definition) is 0. The number of anilines is 3. The van der Waals surface area contributed by atoms with Crippen molar-refractivity contribution in [1.29, 1.82) is 0 Å². The fraction of sp³-hybridized carbons (Fsp3) is 0.458. The summed E-state index contributed by atoms with van der Waals surface area (Å²) in [5.74, 6) is 0.918. The van der Waals surface area contributed by atoms with E-state index in [1.807, 2.05) is 18.3 Å². The van der Waals surface area contributed by atoms with Gasteiger partial charge in [0.15, 0.2) is 11.4 Å². The first-order valence-corrected chi connectivity index (χ1v) is 12.2. The monoisotopic (exact) mass is 466 g/mol. The number of piperidine rings is 2. The summed E-state index contributed by atoms with van der Waals surface area (Å²) in [6.45, 7) is 3.91. The van der Waals surface area contributed by atoms with E-state index in [2.05, 4.69) is 25.8 Å². The van der Waals surface area contributed by atoms with Gasteiger partial charge < -0.3 is 23.9 Å². The number of oxazole rings is 1. The predicted molar refractivity (Wildman–Crippen MR) is 129 cm³/mol. The Labute approximate surface area is 197 Å². The number of rotatable bonds is 4. The third kappa shape index (κ3) is 3.97. The molecule has 0 spiro atoms. The molecule has 3 aliphatic heterocycles. The summed E-state index contributed by atoms with van der Waals surface area (Å²) in [5, 5.41) is 0.439. The van der Waals surface area contributed by atoms with Crippen molar-refractivity contribution in [3.63, 3.8) is 0 Å². The lowest BCUT2D eigenvalue weighted by Gasteiger charge is -2.32. The molecule has 1 unspecified atom stereocenters. The van der Waals surface area contributed by atoms with Crippen molar-refractivity contribution in [2.75, 3.05) is 40.9 Å². The van der Waals surface area contributed by atoms with Crippen LogP contribution in [0, 0.1) is 0 Å². The summed E-state index contributed by atoms with van der Waals surface area (Å²) in [5.41, 5.74) is 3.22. The van der Waals surface area contributed by atoms with Gasteiger partial charge in [0.05, 0.1) is 5.69 Å². The van der Waals surface area contributed by atoms with E-state index >= 15 is 0 Å². The van der Waals surface area contributed by atoms with Gasteiger partial charge in [0.1, 0.15) is 11.4 Å². The van der Waals surface area contributed by atoms with Crippen molar-refractivity contribution >= 4 is 40.4 Å². The van der Waals surface area contributed by atoms with Crippen LogP contribution in [0.4, 0.5) is 17.5 Å². The molecule has 172 valence electrons. The molecule has 0 bridgehead atoms. The van der Waals surface area contributed by atoms with Crippen LogP contribution in [0.1, 0.15) is 50.3 Å². The molecule has 3 aromatic heterocycles. The molecule has 0 saturated carbocycles. The lowest BCUT2D eigenvalue weighted by atomic mass is 10.1. The Bertz CT molecular complexity index is 1170. The molecule has 0 amide bonds. The van der Waals surface area contributed by atoms with Crippen LogP contribution in [0.15, 0.2) is 41.3 Å². The molecule has 2 fully saturated rings. The number of halogens is 1. The topological polar surface area (TPSA) is 70.8 Å². The Kier molecular flexibility index (Phi) is 5.46.